The van der Waals surface area contributed by atoms with Crippen LogP contribution in [0.1, 0.15) is 5.69 Å². The molecule has 1 N–H and O–H groups in total. The van der Waals surface area contributed by atoms with Crippen molar-refractivity contribution in [2.75, 3.05) is 30.1 Å². The number of aryl methyl sites for hydroxylation is 1. The van der Waals surface area contributed by atoms with Crippen LogP contribution in [0.4, 0.5) is 11.5 Å². The van der Waals surface area contributed by atoms with Gasteiger partial charge >= 0.3 is 0 Å². The average molecular weight is 318 g/mol. The van der Waals surface area contributed by atoms with Crippen LogP contribution in [0.15, 0.2) is 41.6 Å². The molecule has 6 nitrogen and oxygen atoms in total. The van der Waals surface area contributed by atoms with E-state index in [1.165, 1.54) is 18.0 Å². The topological polar surface area (TPSA) is 72.2 Å². The standard InChI is InChI=1S/C15H18N4O2S/c1-11-7-8-12(15(16-11)18(2)3)17-13(20)10-22-14-6-4-5-9-19(14)21/h4-9H,10H2,1-3H3,(H,17,20). The molecule has 0 saturated carbocycles. The molecule has 0 fully saturated rings. The Balaban J connectivity index is 2.02. The molecule has 0 atom stereocenters. The number of aromatic nitrogens is 2. The summed E-state index contributed by atoms with van der Waals surface area (Å²) in [5, 5.41) is 14.8. The first-order valence-electron chi connectivity index (χ1n) is 6.73. The molecule has 2 heterocycles. The van der Waals surface area contributed by atoms with Gasteiger partial charge in [-0.25, -0.2) is 4.98 Å². The van der Waals surface area contributed by atoms with Crippen LogP contribution in [0.3, 0.4) is 0 Å². The maximum atomic E-state index is 12.1. The summed E-state index contributed by atoms with van der Waals surface area (Å²) in [6, 6.07) is 8.78. The summed E-state index contributed by atoms with van der Waals surface area (Å²) >= 11 is 1.20. The van der Waals surface area contributed by atoms with Crippen LogP contribution in [0.25, 0.3) is 0 Å². The lowest BCUT2D eigenvalue weighted by atomic mass is 10.3. The molecule has 0 radical (unpaired) electrons. The Labute approximate surface area is 133 Å². The van der Waals surface area contributed by atoms with Crippen LogP contribution < -0.4 is 14.9 Å². The van der Waals surface area contributed by atoms with Crippen molar-refractivity contribution in [2.45, 2.75) is 11.9 Å². The number of nitrogens with zero attached hydrogens (tertiary/aromatic N) is 3. The van der Waals surface area contributed by atoms with Crippen LogP contribution in [0, 0.1) is 12.1 Å². The minimum atomic E-state index is -0.178. The summed E-state index contributed by atoms with van der Waals surface area (Å²) in [4.78, 5) is 18.3. The zero-order valence-electron chi connectivity index (χ0n) is 12.7. The van der Waals surface area contributed by atoms with Crippen LogP contribution in [-0.2, 0) is 4.79 Å². The van der Waals surface area contributed by atoms with Crippen molar-refractivity contribution in [1.29, 1.82) is 0 Å². The van der Waals surface area contributed by atoms with Gasteiger partial charge in [0.2, 0.25) is 5.91 Å². The number of nitrogens with one attached hydrogen (secondary N) is 1. The van der Waals surface area contributed by atoms with Crippen molar-refractivity contribution in [1.82, 2.24) is 4.98 Å². The maximum Gasteiger partial charge on any atom is 0.251 e. The summed E-state index contributed by atoms with van der Waals surface area (Å²) < 4.78 is 0.747. The van der Waals surface area contributed by atoms with E-state index in [4.69, 9.17) is 0 Å². The third-order valence-corrected chi connectivity index (χ3v) is 3.87. The number of thioether (sulfide) groups is 1. The van der Waals surface area contributed by atoms with E-state index in [2.05, 4.69) is 10.3 Å². The number of rotatable bonds is 5. The van der Waals surface area contributed by atoms with Crippen LogP contribution in [-0.4, -0.2) is 30.7 Å². The first-order valence-corrected chi connectivity index (χ1v) is 7.72. The van der Waals surface area contributed by atoms with Crippen molar-refractivity contribution in [3.05, 3.63) is 47.4 Å². The van der Waals surface area contributed by atoms with Crippen molar-refractivity contribution in [2.24, 2.45) is 0 Å². The fourth-order valence-corrected chi connectivity index (χ4v) is 2.55. The van der Waals surface area contributed by atoms with Gasteiger partial charge in [-0.15, -0.1) is 0 Å². The lowest BCUT2D eigenvalue weighted by molar-refractivity contribution is -0.645. The van der Waals surface area contributed by atoms with E-state index < -0.39 is 0 Å². The highest BCUT2D eigenvalue weighted by Gasteiger charge is 2.12. The molecule has 2 aromatic rings. The predicted octanol–water partition coefficient (Wildman–Crippen LogP) is 1.82. The third-order valence-electron chi connectivity index (χ3n) is 2.85. The number of carbonyl (C=O) groups is 1. The number of hydrogen-bond acceptors (Lipinski definition) is 5. The zero-order valence-corrected chi connectivity index (χ0v) is 13.6. The Kier molecular flexibility index (Phi) is 5.21. The minimum absolute atomic E-state index is 0.160. The lowest BCUT2D eigenvalue weighted by Gasteiger charge is -2.17. The maximum absolute atomic E-state index is 12.1. The van der Waals surface area contributed by atoms with E-state index in [-0.39, 0.29) is 11.7 Å². The van der Waals surface area contributed by atoms with Crippen molar-refractivity contribution >= 4 is 29.2 Å². The van der Waals surface area contributed by atoms with E-state index >= 15 is 0 Å². The Bertz CT molecular complexity index is 676. The molecule has 0 aliphatic rings. The molecule has 2 rings (SSSR count). The van der Waals surface area contributed by atoms with Crippen molar-refractivity contribution < 1.29 is 9.52 Å². The Hall–Kier alpha value is -2.28. The Morgan fingerprint density at radius 3 is 2.82 bits per heavy atom. The molecule has 0 aliphatic heterocycles. The first-order chi connectivity index (χ1) is 10.5. The quantitative estimate of drug-likeness (QED) is 0.517. The van der Waals surface area contributed by atoms with Crippen LogP contribution in [0.2, 0.25) is 0 Å². The molecule has 2 aromatic heterocycles. The number of amides is 1. The van der Waals surface area contributed by atoms with Gasteiger partial charge < -0.3 is 15.4 Å². The monoisotopic (exact) mass is 318 g/mol. The van der Waals surface area contributed by atoms with E-state index in [0.29, 0.717) is 16.5 Å². The zero-order chi connectivity index (χ0) is 16.1. The summed E-state index contributed by atoms with van der Waals surface area (Å²) in [7, 11) is 3.74. The predicted molar refractivity (Wildman–Crippen MR) is 88.1 cm³/mol. The molecular formula is C15H18N4O2S. The smallest absolute Gasteiger partial charge is 0.251 e. The van der Waals surface area contributed by atoms with Crippen LogP contribution >= 0.6 is 11.8 Å². The highest BCUT2D eigenvalue weighted by atomic mass is 32.2. The van der Waals surface area contributed by atoms with Gasteiger partial charge in [-0.3, -0.25) is 4.79 Å². The fourth-order valence-electron chi connectivity index (χ4n) is 1.83. The minimum Gasteiger partial charge on any atom is -0.618 e. The van der Waals surface area contributed by atoms with E-state index in [0.717, 1.165) is 10.4 Å². The van der Waals surface area contributed by atoms with Gasteiger partial charge in [0, 0.05) is 31.9 Å². The molecule has 0 spiro atoms. The van der Waals surface area contributed by atoms with Crippen molar-refractivity contribution in [3.8, 4) is 0 Å². The van der Waals surface area contributed by atoms with Gasteiger partial charge in [0.25, 0.3) is 5.03 Å². The molecule has 0 unspecified atom stereocenters. The van der Waals surface area contributed by atoms with E-state index in [1.54, 1.807) is 18.2 Å². The molecule has 0 aliphatic carbocycles. The summed E-state index contributed by atoms with van der Waals surface area (Å²) in [5.74, 6) is 0.687. The SMILES string of the molecule is Cc1ccc(NC(=O)CSc2cccc[n+]2[O-])c(N(C)C)n1. The third kappa shape index (κ3) is 4.11. The van der Waals surface area contributed by atoms with Gasteiger partial charge in [-0.2, -0.15) is 4.73 Å². The van der Waals surface area contributed by atoms with Gasteiger partial charge in [0.15, 0.2) is 12.0 Å². The summed E-state index contributed by atoms with van der Waals surface area (Å²) in [6.45, 7) is 1.90. The van der Waals surface area contributed by atoms with E-state index in [1.807, 2.05) is 38.1 Å². The van der Waals surface area contributed by atoms with E-state index in [9.17, 15) is 10.0 Å². The molecule has 0 bridgehead atoms. The van der Waals surface area contributed by atoms with Crippen LogP contribution in [0.5, 0.6) is 0 Å². The Morgan fingerprint density at radius 2 is 2.14 bits per heavy atom. The second-order valence-corrected chi connectivity index (χ2v) is 5.92. The number of anilines is 2. The van der Waals surface area contributed by atoms with Gasteiger partial charge in [-0.05, 0) is 36.9 Å². The molecule has 0 saturated heterocycles. The molecule has 22 heavy (non-hydrogen) atoms. The van der Waals surface area contributed by atoms with Crippen molar-refractivity contribution in [3.63, 3.8) is 0 Å². The fraction of sp³-hybridized carbons (Fsp3) is 0.267. The second kappa shape index (κ2) is 7.13. The first kappa shape index (κ1) is 16.1. The highest BCUT2D eigenvalue weighted by molar-refractivity contribution is 7.99. The number of hydrogen-bond donors (Lipinski definition) is 1. The average Bonchev–Trinajstić information content (AvgIpc) is 2.48. The Morgan fingerprint density at radius 1 is 1.36 bits per heavy atom. The summed E-state index contributed by atoms with van der Waals surface area (Å²) in [5.41, 5.74) is 1.54. The largest absolute Gasteiger partial charge is 0.618 e. The molecule has 116 valence electrons. The van der Waals surface area contributed by atoms with Gasteiger partial charge in [-0.1, -0.05) is 0 Å². The molecule has 7 heteroatoms. The summed E-state index contributed by atoms with van der Waals surface area (Å²) in [6.07, 6.45) is 1.41. The molecular weight excluding hydrogens is 300 g/mol. The second-order valence-electron chi connectivity index (χ2n) is 4.92. The van der Waals surface area contributed by atoms with Gasteiger partial charge in [0.1, 0.15) is 0 Å². The highest BCUT2D eigenvalue weighted by Crippen LogP contribution is 2.22. The molecule has 1 amide bonds. The number of pyridine rings is 2. The van der Waals surface area contributed by atoms with Gasteiger partial charge in [0.05, 0.1) is 11.4 Å². The lowest BCUT2D eigenvalue weighted by Crippen LogP contribution is -2.28. The normalized spacial score (nSPS) is 10.3. The number of carbonyl (C=O) groups excluding carboxylic acids is 1. The molecule has 0 aromatic carbocycles.